The molecule has 5 heteroatoms. The van der Waals surface area contributed by atoms with Gasteiger partial charge in [-0.1, -0.05) is 46.3 Å². The van der Waals surface area contributed by atoms with Gasteiger partial charge < -0.3 is 9.73 Å². The Morgan fingerprint density at radius 1 is 1.09 bits per heavy atom. The number of benzene rings is 2. The molecule has 3 rings (SSSR count). The molecule has 0 bridgehead atoms. The number of aromatic nitrogens is 1. The van der Waals surface area contributed by atoms with Gasteiger partial charge in [-0.05, 0) is 24.3 Å². The van der Waals surface area contributed by atoms with Crippen molar-refractivity contribution in [1.82, 2.24) is 4.98 Å². The van der Waals surface area contributed by atoms with Crippen molar-refractivity contribution in [3.63, 3.8) is 0 Å². The van der Waals surface area contributed by atoms with Gasteiger partial charge in [-0.15, -0.1) is 0 Å². The fourth-order valence-corrected chi connectivity index (χ4v) is 2.40. The monoisotopic (exact) mass is 370 g/mol. The van der Waals surface area contributed by atoms with Crippen LogP contribution in [0.4, 0.5) is 5.69 Å². The zero-order chi connectivity index (χ0) is 16.1. The molecule has 0 spiro atoms. The molecule has 2 aromatic carbocycles. The summed E-state index contributed by atoms with van der Waals surface area (Å²) in [4.78, 5) is 16.2. The molecule has 0 fully saturated rings. The van der Waals surface area contributed by atoms with Gasteiger partial charge in [0.2, 0.25) is 5.91 Å². The Hall–Kier alpha value is -2.40. The van der Waals surface area contributed by atoms with Crippen molar-refractivity contribution in [2.24, 2.45) is 0 Å². The van der Waals surface area contributed by atoms with Crippen molar-refractivity contribution in [3.05, 3.63) is 71.2 Å². The van der Waals surface area contributed by atoms with E-state index in [0.717, 1.165) is 15.7 Å². The van der Waals surface area contributed by atoms with E-state index < -0.39 is 0 Å². The number of nitrogens with one attached hydrogen (secondary N) is 1. The van der Waals surface area contributed by atoms with Crippen LogP contribution in [0.15, 0.2) is 69.7 Å². The van der Waals surface area contributed by atoms with Gasteiger partial charge in [-0.3, -0.25) is 4.79 Å². The van der Waals surface area contributed by atoms with Gasteiger partial charge in [0, 0.05) is 28.6 Å². The van der Waals surface area contributed by atoms with Crippen molar-refractivity contribution in [2.75, 3.05) is 5.32 Å². The Balaban J connectivity index is 1.55. The summed E-state index contributed by atoms with van der Waals surface area (Å²) in [7, 11) is 0. The van der Waals surface area contributed by atoms with E-state index in [2.05, 4.69) is 26.2 Å². The maximum atomic E-state index is 12.0. The van der Waals surface area contributed by atoms with E-state index in [0.29, 0.717) is 24.5 Å². The van der Waals surface area contributed by atoms with Crippen molar-refractivity contribution in [3.8, 4) is 11.3 Å². The third-order valence-electron chi connectivity index (χ3n) is 3.31. The molecule has 116 valence electrons. The van der Waals surface area contributed by atoms with Crippen LogP contribution in [0.2, 0.25) is 0 Å². The van der Waals surface area contributed by atoms with E-state index in [9.17, 15) is 4.79 Å². The van der Waals surface area contributed by atoms with E-state index >= 15 is 0 Å². The van der Waals surface area contributed by atoms with Crippen LogP contribution in [0, 0.1) is 0 Å². The highest BCUT2D eigenvalue weighted by Crippen LogP contribution is 2.20. The SMILES string of the molecule is O=C(CCc1ncc(-c2ccccc2)o1)Nc1ccc(Br)cc1. The second-order valence-electron chi connectivity index (χ2n) is 5.04. The van der Waals surface area contributed by atoms with Crippen LogP contribution in [0.1, 0.15) is 12.3 Å². The summed E-state index contributed by atoms with van der Waals surface area (Å²) in [6.45, 7) is 0. The normalized spacial score (nSPS) is 10.5. The molecule has 23 heavy (non-hydrogen) atoms. The summed E-state index contributed by atoms with van der Waals surface area (Å²) in [5.41, 5.74) is 1.75. The van der Waals surface area contributed by atoms with Gasteiger partial charge in [0.25, 0.3) is 0 Å². The van der Waals surface area contributed by atoms with Crippen molar-refractivity contribution in [2.45, 2.75) is 12.8 Å². The number of rotatable bonds is 5. The molecule has 4 nitrogen and oxygen atoms in total. The minimum atomic E-state index is -0.0632. The first kappa shape index (κ1) is 15.5. The third kappa shape index (κ3) is 4.29. The van der Waals surface area contributed by atoms with E-state index in [-0.39, 0.29) is 5.91 Å². The predicted octanol–water partition coefficient (Wildman–Crippen LogP) is 4.68. The summed E-state index contributed by atoms with van der Waals surface area (Å²) in [5.74, 6) is 1.22. The van der Waals surface area contributed by atoms with Gasteiger partial charge in [0.05, 0.1) is 6.20 Å². The summed E-state index contributed by atoms with van der Waals surface area (Å²) in [5, 5.41) is 2.85. The molecular weight excluding hydrogens is 356 g/mol. The number of aryl methyl sites for hydroxylation is 1. The minimum absolute atomic E-state index is 0.0632. The van der Waals surface area contributed by atoms with Crippen LogP contribution < -0.4 is 5.32 Å². The summed E-state index contributed by atoms with van der Waals surface area (Å²) < 4.78 is 6.66. The number of carbonyl (C=O) groups is 1. The molecule has 0 saturated carbocycles. The lowest BCUT2D eigenvalue weighted by molar-refractivity contribution is -0.116. The summed E-state index contributed by atoms with van der Waals surface area (Å²) in [6, 6.07) is 17.2. The lowest BCUT2D eigenvalue weighted by atomic mass is 10.2. The average Bonchev–Trinajstić information content (AvgIpc) is 3.05. The largest absolute Gasteiger partial charge is 0.441 e. The fourth-order valence-electron chi connectivity index (χ4n) is 2.14. The lowest BCUT2D eigenvalue weighted by Gasteiger charge is -2.04. The smallest absolute Gasteiger partial charge is 0.224 e. The topological polar surface area (TPSA) is 55.1 Å². The Morgan fingerprint density at radius 3 is 2.57 bits per heavy atom. The molecule has 0 radical (unpaired) electrons. The molecule has 1 aromatic heterocycles. The highest BCUT2D eigenvalue weighted by molar-refractivity contribution is 9.10. The zero-order valence-electron chi connectivity index (χ0n) is 12.3. The maximum absolute atomic E-state index is 12.0. The first-order chi connectivity index (χ1) is 11.2. The first-order valence-corrected chi connectivity index (χ1v) is 8.05. The predicted molar refractivity (Wildman–Crippen MR) is 93.0 cm³/mol. The van der Waals surface area contributed by atoms with Gasteiger partial charge in [-0.2, -0.15) is 0 Å². The molecule has 3 aromatic rings. The Labute approximate surface area is 142 Å². The van der Waals surface area contributed by atoms with Crippen LogP contribution in [0.5, 0.6) is 0 Å². The quantitative estimate of drug-likeness (QED) is 0.709. The highest BCUT2D eigenvalue weighted by Gasteiger charge is 2.09. The highest BCUT2D eigenvalue weighted by atomic mass is 79.9. The van der Waals surface area contributed by atoms with Crippen LogP contribution in [0.25, 0.3) is 11.3 Å². The van der Waals surface area contributed by atoms with E-state index in [4.69, 9.17) is 4.42 Å². The molecule has 1 heterocycles. The standard InChI is InChI=1S/C18H15BrN2O2/c19-14-6-8-15(9-7-14)21-17(22)10-11-18-20-12-16(23-18)13-4-2-1-3-5-13/h1-9,12H,10-11H2,(H,21,22). The molecule has 0 aliphatic carbocycles. The van der Waals surface area contributed by atoms with Crippen molar-refractivity contribution in [1.29, 1.82) is 0 Å². The Bertz CT molecular complexity index is 782. The number of amides is 1. The number of carbonyl (C=O) groups excluding carboxylic acids is 1. The van der Waals surface area contributed by atoms with Gasteiger partial charge >= 0.3 is 0 Å². The van der Waals surface area contributed by atoms with Gasteiger partial charge in [-0.25, -0.2) is 4.98 Å². The van der Waals surface area contributed by atoms with Crippen molar-refractivity contribution >= 4 is 27.5 Å². The maximum Gasteiger partial charge on any atom is 0.224 e. The Kier molecular flexibility index (Phi) is 4.88. The van der Waals surface area contributed by atoms with E-state index in [1.165, 1.54) is 0 Å². The van der Waals surface area contributed by atoms with Crippen LogP contribution in [-0.2, 0) is 11.2 Å². The Morgan fingerprint density at radius 2 is 1.83 bits per heavy atom. The number of halogens is 1. The molecule has 1 amide bonds. The molecule has 0 atom stereocenters. The summed E-state index contributed by atoms with van der Waals surface area (Å²) in [6.07, 6.45) is 2.48. The fraction of sp³-hybridized carbons (Fsp3) is 0.111. The van der Waals surface area contributed by atoms with Gasteiger partial charge in [0.1, 0.15) is 0 Å². The second-order valence-corrected chi connectivity index (χ2v) is 5.96. The average molecular weight is 371 g/mol. The number of hydrogen-bond acceptors (Lipinski definition) is 3. The summed E-state index contributed by atoms with van der Waals surface area (Å²) >= 11 is 3.36. The molecular formula is C18H15BrN2O2. The zero-order valence-corrected chi connectivity index (χ0v) is 13.9. The van der Waals surface area contributed by atoms with Crippen molar-refractivity contribution < 1.29 is 9.21 Å². The first-order valence-electron chi connectivity index (χ1n) is 7.26. The number of nitrogens with zero attached hydrogens (tertiary/aromatic N) is 1. The third-order valence-corrected chi connectivity index (χ3v) is 3.83. The molecule has 0 aliphatic rings. The molecule has 0 saturated heterocycles. The van der Waals surface area contributed by atoms with Crippen LogP contribution in [0.3, 0.4) is 0 Å². The van der Waals surface area contributed by atoms with Gasteiger partial charge in [0.15, 0.2) is 11.7 Å². The number of oxazole rings is 1. The minimum Gasteiger partial charge on any atom is -0.441 e. The molecule has 0 unspecified atom stereocenters. The number of hydrogen-bond donors (Lipinski definition) is 1. The molecule has 1 N–H and O–H groups in total. The number of anilines is 1. The van der Waals surface area contributed by atoms with Crippen LogP contribution >= 0.6 is 15.9 Å². The molecule has 0 aliphatic heterocycles. The van der Waals surface area contributed by atoms with Crippen LogP contribution in [-0.4, -0.2) is 10.9 Å². The van der Waals surface area contributed by atoms with E-state index in [1.54, 1.807) is 6.20 Å². The van der Waals surface area contributed by atoms with E-state index in [1.807, 2.05) is 54.6 Å². The lowest BCUT2D eigenvalue weighted by Crippen LogP contribution is -2.12. The second kappa shape index (κ2) is 7.24.